The number of Topliss-reactive ketones (excluding diaryl/α,β-unsaturated/α-hetero) is 4. The van der Waals surface area contributed by atoms with Gasteiger partial charge in [0, 0.05) is 34.4 Å². The molecule has 42 heavy (non-hydrogen) atoms. The third-order valence-corrected chi connectivity index (χ3v) is 6.16. The molecule has 0 fully saturated rings. The zero-order valence-electron chi connectivity index (χ0n) is 21.9. The van der Waals surface area contributed by atoms with E-state index in [1.165, 1.54) is 14.2 Å². The molecule has 0 aliphatic heterocycles. The van der Waals surface area contributed by atoms with E-state index in [0.29, 0.717) is 0 Å². The van der Waals surface area contributed by atoms with Crippen LogP contribution in [0.5, 0.6) is 46.0 Å². The number of ketones is 4. The molecule has 0 aliphatic rings. The molecule has 4 aromatic rings. The maximum Gasteiger partial charge on any atom is 0.234 e. The second kappa shape index (κ2) is 11.2. The fourth-order valence-electron chi connectivity index (χ4n) is 4.24. The van der Waals surface area contributed by atoms with Gasteiger partial charge in [-0.2, -0.15) is 0 Å². The molecule has 4 rings (SSSR count). The van der Waals surface area contributed by atoms with Gasteiger partial charge in [0.1, 0.15) is 23.0 Å². The van der Waals surface area contributed by atoms with Crippen LogP contribution in [-0.4, -0.2) is 68.0 Å². The highest BCUT2D eigenvalue weighted by Gasteiger charge is 2.30. The highest BCUT2D eigenvalue weighted by Crippen LogP contribution is 2.41. The quantitative estimate of drug-likeness (QED) is 0.125. The average molecular weight is 574 g/mol. The Morgan fingerprint density at radius 3 is 1.05 bits per heavy atom. The van der Waals surface area contributed by atoms with E-state index in [0.717, 1.165) is 60.7 Å². The van der Waals surface area contributed by atoms with Crippen molar-refractivity contribution in [2.24, 2.45) is 0 Å². The van der Waals surface area contributed by atoms with Crippen LogP contribution in [0.25, 0.3) is 11.1 Å². The van der Waals surface area contributed by atoms with E-state index >= 15 is 0 Å². The van der Waals surface area contributed by atoms with Crippen molar-refractivity contribution in [3.8, 4) is 57.1 Å². The summed E-state index contributed by atoms with van der Waals surface area (Å²) in [6.45, 7) is 0. The van der Waals surface area contributed by atoms with E-state index in [1.807, 2.05) is 0 Å². The number of carbonyl (C=O) groups is 4. The predicted octanol–water partition coefficient (Wildman–Crippen LogP) is 3.74. The summed E-state index contributed by atoms with van der Waals surface area (Å²) in [7, 11) is 2.35. The lowest BCUT2D eigenvalue weighted by Crippen LogP contribution is -2.18. The van der Waals surface area contributed by atoms with Crippen molar-refractivity contribution in [2.75, 3.05) is 14.2 Å². The van der Waals surface area contributed by atoms with Crippen LogP contribution in [0.1, 0.15) is 41.4 Å². The minimum absolute atomic E-state index is 0.245. The summed E-state index contributed by atoms with van der Waals surface area (Å²) in [5, 5.41) is 60.3. The number of hydrogen-bond donors (Lipinski definition) is 6. The molecule has 0 atom stereocenters. The van der Waals surface area contributed by atoms with Crippen molar-refractivity contribution in [1.82, 2.24) is 0 Å². The van der Waals surface area contributed by atoms with Crippen molar-refractivity contribution in [3.63, 3.8) is 0 Å². The molecule has 6 N–H and O–H groups in total. The summed E-state index contributed by atoms with van der Waals surface area (Å²) < 4.78 is 10.2. The van der Waals surface area contributed by atoms with Gasteiger partial charge in [0.25, 0.3) is 0 Å². The Labute approximate surface area is 236 Å². The van der Waals surface area contributed by atoms with Gasteiger partial charge < -0.3 is 40.1 Å². The van der Waals surface area contributed by atoms with Crippen LogP contribution < -0.4 is 9.47 Å². The van der Waals surface area contributed by atoms with Crippen LogP contribution in [-0.2, 0) is 0 Å². The number of methoxy groups -OCH3 is 2. The summed E-state index contributed by atoms with van der Waals surface area (Å²) >= 11 is 0. The lowest BCUT2D eigenvalue weighted by atomic mass is 9.87. The molecule has 0 saturated heterocycles. The molecular weight excluding hydrogens is 552 g/mol. The molecule has 0 aliphatic carbocycles. The lowest BCUT2D eigenvalue weighted by molar-refractivity contribution is 0.0815. The van der Waals surface area contributed by atoms with Gasteiger partial charge in [-0.15, -0.1) is 0 Å². The SMILES string of the molecule is COc1cc(C(=O)C(=O)c2cc(O)cc(O)c2)c(-c2cc(O)c(OC)cc2C(=O)C(=O)c2cc(O)cc(O)c2)cc1O. The number of carbonyl (C=O) groups excluding carboxylic acids is 4. The van der Waals surface area contributed by atoms with Crippen LogP contribution in [0.15, 0.2) is 60.7 Å². The number of benzene rings is 4. The summed E-state index contributed by atoms with van der Waals surface area (Å²) in [5.41, 5.74) is -2.24. The Balaban J connectivity index is 1.96. The Morgan fingerprint density at radius 2 is 0.762 bits per heavy atom. The summed E-state index contributed by atoms with van der Waals surface area (Å²) in [6.07, 6.45) is 0. The molecule has 0 amide bonds. The van der Waals surface area contributed by atoms with Gasteiger partial charge in [0.15, 0.2) is 23.0 Å². The smallest absolute Gasteiger partial charge is 0.234 e. The molecule has 0 spiro atoms. The van der Waals surface area contributed by atoms with Crippen molar-refractivity contribution in [3.05, 3.63) is 82.9 Å². The van der Waals surface area contributed by atoms with Crippen LogP contribution >= 0.6 is 0 Å². The predicted molar refractivity (Wildman–Crippen MR) is 145 cm³/mol. The highest BCUT2D eigenvalue weighted by molar-refractivity contribution is 6.52. The van der Waals surface area contributed by atoms with Crippen LogP contribution in [0.2, 0.25) is 0 Å². The normalized spacial score (nSPS) is 10.6. The van der Waals surface area contributed by atoms with Gasteiger partial charge in [0.05, 0.1) is 14.2 Å². The second-order valence-electron chi connectivity index (χ2n) is 8.93. The number of rotatable bonds is 9. The number of phenolic OH excluding ortho intramolecular Hbond substituents is 6. The molecule has 0 radical (unpaired) electrons. The standard InChI is InChI=1S/C30H22O12/c1-41-25-11-21(29(39)27(37)13-3-15(31)7-16(32)4-13)19(9-23(25)35)20-10-24(36)26(42-2)12-22(20)30(40)28(38)14-5-17(33)8-18(34)6-14/h3-12,31-36H,1-2H3. The van der Waals surface area contributed by atoms with Crippen LogP contribution in [0, 0.1) is 0 Å². The van der Waals surface area contributed by atoms with E-state index in [1.54, 1.807) is 0 Å². The third kappa shape index (κ3) is 5.49. The van der Waals surface area contributed by atoms with Crippen LogP contribution in [0.4, 0.5) is 0 Å². The number of ether oxygens (including phenoxy) is 2. The Hall–Kier alpha value is -6.04. The first kappa shape index (κ1) is 29.0. The summed E-state index contributed by atoms with van der Waals surface area (Å²) in [4.78, 5) is 53.3. The van der Waals surface area contributed by atoms with E-state index in [4.69, 9.17) is 9.47 Å². The topological polar surface area (TPSA) is 208 Å². The Bertz CT molecular complexity index is 1620. The minimum atomic E-state index is -1.23. The summed E-state index contributed by atoms with van der Waals surface area (Å²) in [6, 6.07) is 9.59. The maximum atomic E-state index is 13.5. The van der Waals surface area contributed by atoms with Gasteiger partial charge in [-0.3, -0.25) is 19.2 Å². The van der Waals surface area contributed by atoms with Gasteiger partial charge in [-0.05, 0) is 59.7 Å². The number of hydrogen-bond acceptors (Lipinski definition) is 12. The molecular formula is C30H22O12. The Morgan fingerprint density at radius 1 is 0.452 bits per heavy atom. The third-order valence-electron chi connectivity index (χ3n) is 6.16. The summed E-state index contributed by atoms with van der Waals surface area (Å²) in [5.74, 6) is -8.43. The zero-order chi connectivity index (χ0) is 30.9. The molecule has 0 saturated carbocycles. The van der Waals surface area contributed by atoms with Crippen LogP contribution in [0.3, 0.4) is 0 Å². The molecule has 0 bridgehead atoms. The first-order chi connectivity index (χ1) is 19.8. The number of phenols is 6. The van der Waals surface area contributed by atoms with Crippen molar-refractivity contribution >= 4 is 23.1 Å². The lowest BCUT2D eigenvalue weighted by Gasteiger charge is -2.17. The monoisotopic (exact) mass is 574 g/mol. The highest BCUT2D eigenvalue weighted by atomic mass is 16.5. The van der Waals surface area contributed by atoms with Crippen molar-refractivity contribution < 1.29 is 59.3 Å². The number of aromatic hydroxyl groups is 6. The molecule has 12 heteroatoms. The van der Waals surface area contributed by atoms with Gasteiger partial charge >= 0.3 is 0 Å². The average Bonchev–Trinajstić information content (AvgIpc) is 2.94. The Kier molecular flexibility index (Phi) is 7.73. The second-order valence-corrected chi connectivity index (χ2v) is 8.93. The molecule has 214 valence electrons. The first-order valence-electron chi connectivity index (χ1n) is 11.9. The van der Waals surface area contributed by atoms with Crippen molar-refractivity contribution in [1.29, 1.82) is 0 Å². The molecule has 0 aromatic heterocycles. The van der Waals surface area contributed by atoms with Gasteiger partial charge in [0.2, 0.25) is 23.1 Å². The van der Waals surface area contributed by atoms with Crippen molar-refractivity contribution in [2.45, 2.75) is 0 Å². The van der Waals surface area contributed by atoms with Gasteiger partial charge in [-0.25, -0.2) is 0 Å². The van der Waals surface area contributed by atoms with Gasteiger partial charge in [-0.1, -0.05) is 0 Å². The first-order valence-corrected chi connectivity index (χ1v) is 11.9. The molecule has 0 heterocycles. The largest absolute Gasteiger partial charge is 0.508 e. The minimum Gasteiger partial charge on any atom is -0.508 e. The van der Waals surface area contributed by atoms with E-state index < -0.39 is 68.8 Å². The molecule has 4 aromatic carbocycles. The molecule has 12 nitrogen and oxygen atoms in total. The fraction of sp³-hybridized carbons (Fsp3) is 0.0667. The zero-order valence-corrected chi connectivity index (χ0v) is 21.9. The fourth-order valence-corrected chi connectivity index (χ4v) is 4.24. The maximum absolute atomic E-state index is 13.5. The van der Waals surface area contributed by atoms with E-state index in [9.17, 15) is 49.8 Å². The van der Waals surface area contributed by atoms with E-state index in [-0.39, 0.29) is 33.8 Å². The van der Waals surface area contributed by atoms with E-state index in [2.05, 4.69) is 0 Å². The molecule has 0 unspecified atom stereocenters.